The monoisotopic (exact) mass is 317 g/mol. The first-order valence-electron chi connectivity index (χ1n) is 7.27. The number of pyridine rings is 1. The summed E-state index contributed by atoms with van der Waals surface area (Å²) in [5.74, 6) is 0.613. The van der Waals surface area contributed by atoms with E-state index in [9.17, 15) is 4.79 Å². The van der Waals surface area contributed by atoms with Gasteiger partial charge in [-0.25, -0.2) is 4.98 Å². The summed E-state index contributed by atoms with van der Waals surface area (Å²) >= 11 is 5.72. The average molecular weight is 318 g/mol. The number of rotatable bonds is 4. The summed E-state index contributed by atoms with van der Waals surface area (Å²) < 4.78 is 11.3. The molecule has 0 saturated carbocycles. The lowest BCUT2D eigenvalue weighted by Crippen LogP contribution is -2.24. The Bertz CT molecular complexity index is 634. The van der Waals surface area contributed by atoms with Crippen LogP contribution in [-0.2, 0) is 4.74 Å². The lowest BCUT2D eigenvalue weighted by molar-refractivity contribution is -0.105. The molecule has 5 heteroatoms. The minimum Gasteiger partial charge on any atom is -0.465 e. The number of benzene rings is 1. The Labute approximate surface area is 134 Å². The predicted octanol–water partition coefficient (Wildman–Crippen LogP) is 3.87. The average Bonchev–Trinajstić information content (AvgIpc) is 2.57. The van der Waals surface area contributed by atoms with Crippen molar-refractivity contribution in [3.63, 3.8) is 0 Å². The third-order valence-electron chi connectivity index (χ3n) is 3.51. The highest BCUT2D eigenvalue weighted by molar-refractivity contribution is 6.29. The zero-order valence-corrected chi connectivity index (χ0v) is 12.8. The number of halogens is 1. The van der Waals surface area contributed by atoms with Crippen LogP contribution in [0.1, 0.15) is 35.2 Å². The first-order valence-corrected chi connectivity index (χ1v) is 7.65. The highest BCUT2D eigenvalue weighted by Gasteiger charge is 2.15. The molecule has 1 saturated heterocycles. The van der Waals surface area contributed by atoms with Crippen molar-refractivity contribution in [2.45, 2.75) is 25.6 Å². The van der Waals surface area contributed by atoms with Crippen molar-refractivity contribution in [1.29, 1.82) is 0 Å². The van der Waals surface area contributed by atoms with E-state index in [0.29, 0.717) is 22.0 Å². The number of hydrogen-bond donors (Lipinski definition) is 0. The molecule has 1 aliphatic rings. The zero-order valence-electron chi connectivity index (χ0n) is 12.0. The van der Waals surface area contributed by atoms with Gasteiger partial charge in [-0.3, -0.25) is 4.79 Å². The van der Waals surface area contributed by atoms with E-state index in [1.807, 2.05) is 0 Å². The molecule has 1 aromatic heterocycles. The molecule has 3 rings (SSSR count). The molecule has 1 aromatic carbocycles. The molecule has 1 unspecified atom stereocenters. The van der Waals surface area contributed by atoms with Crippen LogP contribution in [0.4, 0.5) is 0 Å². The van der Waals surface area contributed by atoms with Gasteiger partial charge in [-0.15, -0.1) is 0 Å². The molecule has 1 fully saturated rings. The maximum Gasteiger partial charge on any atom is 0.199 e. The summed E-state index contributed by atoms with van der Waals surface area (Å²) in [5, 5.41) is 0.368. The Hall–Kier alpha value is -1.91. The topological polar surface area (TPSA) is 48.4 Å². The third-order valence-corrected chi connectivity index (χ3v) is 3.74. The van der Waals surface area contributed by atoms with E-state index in [-0.39, 0.29) is 12.1 Å². The van der Waals surface area contributed by atoms with Gasteiger partial charge in [-0.05, 0) is 49.2 Å². The summed E-state index contributed by atoms with van der Waals surface area (Å²) in [7, 11) is 0. The second-order valence-electron chi connectivity index (χ2n) is 5.14. The Kier molecular flexibility index (Phi) is 4.71. The lowest BCUT2D eigenvalue weighted by Gasteiger charge is -2.23. The Morgan fingerprint density at radius 3 is 2.55 bits per heavy atom. The fourth-order valence-electron chi connectivity index (χ4n) is 2.32. The van der Waals surface area contributed by atoms with E-state index in [1.165, 1.54) is 6.20 Å². The summed E-state index contributed by atoms with van der Waals surface area (Å²) in [6.45, 7) is 0.741. The normalized spacial score (nSPS) is 18.0. The largest absolute Gasteiger partial charge is 0.465 e. The predicted molar refractivity (Wildman–Crippen MR) is 83.3 cm³/mol. The van der Waals surface area contributed by atoms with Crippen LogP contribution >= 0.6 is 11.6 Å². The van der Waals surface area contributed by atoms with Crippen LogP contribution in [0, 0.1) is 0 Å². The molecule has 1 atom stereocenters. The van der Waals surface area contributed by atoms with E-state index in [0.717, 1.165) is 25.9 Å². The number of ether oxygens (including phenoxy) is 2. The van der Waals surface area contributed by atoms with Crippen molar-refractivity contribution >= 4 is 17.4 Å². The van der Waals surface area contributed by atoms with Gasteiger partial charge in [-0.2, -0.15) is 0 Å². The molecule has 0 N–H and O–H groups in total. The van der Waals surface area contributed by atoms with Gasteiger partial charge >= 0.3 is 0 Å². The Morgan fingerprint density at radius 2 is 1.91 bits per heavy atom. The van der Waals surface area contributed by atoms with Crippen molar-refractivity contribution < 1.29 is 14.3 Å². The number of carbonyl (C=O) groups is 1. The molecule has 2 heterocycles. The molecule has 0 radical (unpaired) electrons. The van der Waals surface area contributed by atoms with Crippen LogP contribution in [0.3, 0.4) is 0 Å². The van der Waals surface area contributed by atoms with Crippen molar-refractivity contribution in [2.75, 3.05) is 6.61 Å². The van der Waals surface area contributed by atoms with Gasteiger partial charge < -0.3 is 9.47 Å². The molecule has 4 nitrogen and oxygen atoms in total. The number of nitrogens with zero attached hydrogens (tertiary/aromatic N) is 1. The first-order chi connectivity index (χ1) is 10.7. The van der Waals surface area contributed by atoms with Crippen LogP contribution in [0.15, 0.2) is 42.6 Å². The van der Waals surface area contributed by atoms with Crippen LogP contribution in [0.2, 0.25) is 5.15 Å². The van der Waals surface area contributed by atoms with Crippen molar-refractivity contribution in [3.05, 3.63) is 58.9 Å². The summed E-state index contributed by atoms with van der Waals surface area (Å²) in [5.41, 5.74) is 1.09. The third kappa shape index (κ3) is 3.64. The second kappa shape index (κ2) is 6.90. The fraction of sp³-hybridized carbons (Fsp3) is 0.294. The van der Waals surface area contributed by atoms with Gasteiger partial charge in [0.05, 0.1) is 6.61 Å². The summed E-state index contributed by atoms with van der Waals surface area (Å²) in [4.78, 5) is 16.2. The van der Waals surface area contributed by atoms with E-state index < -0.39 is 0 Å². The van der Waals surface area contributed by atoms with Gasteiger partial charge in [0.25, 0.3) is 0 Å². The quantitative estimate of drug-likeness (QED) is 0.634. The van der Waals surface area contributed by atoms with Gasteiger partial charge in [0.1, 0.15) is 10.9 Å². The van der Waals surface area contributed by atoms with Crippen molar-refractivity contribution in [3.8, 4) is 5.75 Å². The van der Waals surface area contributed by atoms with E-state index in [4.69, 9.17) is 21.1 Å². The maximum atomic E-state index is 12.3. The van der Waals surface area contributed by atoms with E-state index in [1.54, 1.807) is 36.4 Å². The molecule has 2 aromatic rings. The standard InChI is InChI=1S/C17H16ClNO3/c18-15-9-6-13(11-19-15)17(20)12-4-7-14(8-5-12)22-16-3-1-2-10-21-16/h4-9,11,16H,1-3,10H2. The summed E-state index contributed by atoms with van der Waals surface area (Å²) in [6.07, 6.45) is 4.39. The fourth-order valence-corrected chi connectivity index (χ4v) is 2.43. The zero-order chi connectivity index (χ0) is 15.4. The number of hydrogen-bond acceptors (Lipinski definition) is 4. The SMILES string of the molecule is O=C(c1ccc(OC2CCCCO2)cc1)c1ccc(Cl)nc1. The molecular weight excluding hydrogens is 302 g/mol. The molecule has 1 aliphatic heterocycles. The molecule has 22 heavy (non-hydrogen) atoms. The second-order valence-corrected chi connectivity index (χ2v) is 5.52. The summed E-state index contributed by atoms with van der Waals surface area (Å²) in [6, 6.07) is 10.3. The number of ketones is 1. The molecule has 114 valence electrons. The minimum atomic E-state index is -0.184. The Balaban J connectivity index is 1.68. The maximum absolute atomic E-state index is 12.3. The smallest absolute Gasteiger partial charge is 0.199 e. The number of carbonyl (C=O) groups excluding carboxylic acids is 1. The first kappa shape index (κ1) is 15.0. The highest BCUT2D eigenvalue weighted by Crippen LogP contribution is 2.20. The molecule has 0 amide bonds. The van der Waals surface area contributed by atoms with E-state index in [2.05, 4.69) is 4.98 Å². The lowest BCUT2D eigenvalue weighted by atomic mass is 10.1. The van der Waals surface area contributed by atoms with E-state index >= 15 is 0 Å². The van der Waals surface area contributed by atoms with Crippen LogP contribution in [-0.4, -0.2) is 23.7 Å². The van der Waals surface area contributed by atoms with Gasteiger partial charge in [-0.1, -0.05) is 11.6 Å². The van der Waals surface area contributed by atoms with Crippen molar-refractivity contribution in [1.82, 2.24) is 4.98 Å². The van der Waals surface area contributed by atoms with Gasteiger partial charge in [0.15, 0.2) is 12.1 Å². The van der Waals surface area contributed by atoms with Crippen LogP contribution in [0.5, 0.6) is 5.75 Å². The van der Waals surface area contributed by atoms with Crippen LogP contribution < -0.4 is 4.74 Å². The number of aromatic nitrogens is 1. The van der Waals surface area contributed by atoms with Gasteiger partial charge in [0, 0.05) is 23.7 Å². The molecule has 0 aliphatic carbocycles. The van der Waals surface area contributed by atoms with Crippen LogP contribution in [0.25, 0.3) is 0 Å². The molecular formula is C17H16ClNO3. The Morgan fingerprint density at radius 1 is 1.14 bits per heavy atom. The molecule has 0 bridgehead atoms. The highest BCUT2D eigenvalue weighted by atomic mass is 35.5. The van der Waals surface area contributed by atoms with Gasteiger partial charge in [0.2, 0.25) is 0 Å². The molecule has 0 spiro atoms. The minimum absolute atomic E-state index is 0.0929. The van der Waals surface area contributed by atoms with Crippen molar-refractivity contribution in [2.24, 2.45) is 0 Å².